The smallest absolute Gasteiger partial charge is 0.262 e. The fraction of sp³-hybridized carbons (Fsp3) is 0.360. The van der Waals surface area contributed by atoms with Gasteiger partial charge in [0.15, 0.2) is 0 Å². The molecule has 0 radical (unpaired) electrons. The number of nitrogens with one attached hydrogen (secondary N) is 2. The van der Waals surface area contributed by atoms with Crippen LogP contribution in [0.2, 0.25) is 10.0 Å². The van der Waals surface area contributed by atoms with Gasteiger partial charge in [-0.2, -0.15) is 0 Å². The molecule has 2 aromatic carbocycles. The fourth-order valence-electron chi connectivity index (χ4n) is 3.53. The Morgan fingerprint density at radius 3 is 2.54 bits per heavy atom. The molecule has 2 atom stereocenters. The molecule has 2 N–H and O–H groups in total. The van der Waals surface area contributed by atoms with Crippen LogP contribution in [0.4, 0.5) is 0 Å². The predicted molar refractivity (Wildman–Crippen MR) is 146 cm³/mol. The van der Waals surface area contributed by atoms with Crippen LogP contribution >= 0.6 is 34.5 Å². The molecule has 2 amide bonds. The first-order valence-electron chi connectivity index (χ1n) is 11.3. The number of fused-ring (bicyclic) bond motifs is 1. The molecule has 0 aliphatic carbocycles. The Labute approximate surface area is 222 Å². The number of amides is 2. The maximum Gasteiger partial charge on any atom is 0.262 e. The van der Waals surface area contributed by atoms with Gasteiger partial charge in [0.1, 0.15) is 17.0 Å². The molecule has 35 heavy (non-hydrogen) atoms. The lowest BCUT2D eigenvalue weighted by Gasteiger charge is -2.21. The number of nitrogens with zero attached hydrogens (tertiary/aromatic N) is 1. The highest BCUT2D eigenvalue weighted by atomic mass is 35.5. The molecular weight excluding hydrogens is 525 g/mol. The Hall–Kier alpha value is -1.97. The number of carbonyl (C=O) groups excluding carboxylic acids is 2. The molecule has 0 fully saturated rings. The Morgan fingerprint density at radius 1 is 1.11 bits per heavy atom. The summed E-state index contributed by atoms with van der Waals surface area (Å²) in [6.07, 6.45) is 1.11. The lowest BCUT2D eigenvalue weighted by atomic mass is 10.0. The summed E-state index contributed by atoms with van der Waals surface area (Å²) >= 11 is 13.5. The summed E-state index contributed by atoms with van der Waals surface area (Å²) < 4.78 is 15.4. The second-order valence-corrected chi connectivity index (χ2v) is 12.1. The minimum absolute atomic E-state index is 0.224. The minimum Gasteiger partial charge on any atom is -0.354 e. The van der Waals surface area contributed by atoms with Crippen LogP contribution in [0.1, 0.15) is 36.4 Å². The third-order valence-corrected chi connectivity index (χ3v) is 8.55. The number of benzene rings is 2. The van der Waals surface area contributed by atoms with Gasteiger partial charge in [0.25, 0.3) is 5.91 Å². The SMILES string of the molecule is CC(C)C[C@H](NC(=O)c1cc2ccccc2s1)C(=O)NCCCN(C)S(=O)c1ccc(Cl)cc1Cl. The van der Waals surface area contributed by atoms with Crippen molar-refractivity contribution in [1.82, 2.24) is 14.9 Å². The van der Waals surface area contributed by atoms with Gasteiger partial charge in [-0.05, 0) is 54.5 Å². The van der Waals surface area contributed by atoms with E-state index in [1.54, 1.807) is 29.6 Å². The van der Waals surface area contributed by atoms with Crippen LogP contribution in [0.5, 0.6) is 0 Å². The van der Waals surface area contributed by atoms with E-state index in [1.807, 2.05) is 44.2 Å². The van der Waals surface area contributed by atoms with Crippen LogP contribution in [0.25, 0.3) is 10.1 Å². The zero-order chi connectivity index (χ0) is 25.5. The lowest BCUT2D eigenvalue weighted by Crippen LogP contribution is -2.47. The molecule has 0 saturated carbocycles. The molecule has 0 saturated heterocycles. The van der Waals surface area contributed by atoms with Gasteiger partial charge < -0.3 is 10.6 Å². The lowest BCUT2D eigenvalue weighted by molar-refractivity contribution is -0.123. The molecule has 1 unspecified atom stereocenters. The van der Waals surface area contributed by atoms with Crippen LogP contribution in [-0.4, -0.2) is 46.5 Å². The molecule has 1 aromatic heterocycles. The number of carbonyl (C=O) groups is 2. The average Bonchev–Trinajstić information content (AvgIpc) is 3.25. The summed E-state index contributed by atoms with van der Waals surface area (Å²) in [6.45, 7) is 4.90. The second kappa shape index (κ2) is 12.8. The van der Waals surface area contributed by atoms with Crippen LogP contribution in [0.15, 0.2) is 53.4 Å². The first-order valence-corrected chi connectivity index (χ1v) is 14.0. The topological polar surface area (TPSA) is 78.5 Å². The molecule has 0 aliphatic heterocycles. The van der Waals surface area contributed by atoms with E-state index in [4.69, 9.17) is 23.2 Å². The van der Waals surface area contributed by atoms with Gasteiger partial charge in [0, 0.05) is 29.9 Å². The number of rotatable bonds is 11. The van der Waals surface area contributed by atoms with Crippen molar-refractivity contribution < 1.29 is 13.8 Å². The maximum absolute atomic E-state index is 12.9. The van der Waals surface area contributed by atoms with Crippen molar-refractivity contribution in [3.63, 3.8) is 0 Å². The van der Waals surface area contributed by atoms with Gasteiger partial charge in [-0.1, -0.05) is 55.2 Å². The quantitative estimate of drug-likeness (QED) is 0.307. The molecule has 0 bridgehead atoms. The van der Waals surface area contributed by atoms with E-state index >= 15 is 0 Å². The monoisotopic (exact) mass is 553 g/mol. The van der Waals surface area contributed by atoms with Crippen LogP contribution < -0.4 is 10.6 Å². The minimum atomic E-state index is -1.44. The Bertz CT molecular complexity index is 1180. The third kappa shape index (κ3) is 7.75. The van der Waals surface area contributed by atoms with Gasteiger partial charge in [-0.25, -0.2) is 8.51 Å². The summed E-state index contributed by atoms with van der Waals surface area (Å²) in [4.78, 5) is 26.8. The molecule has 10 heteroatoms. The van der Waals surface area contributed by atoms with E-state index in [0.29, 0.717) is 45.7 Å². The maximum atomic E-state index is 12.9. The Morgan fingerprint density at radius 2 is 1.86 bits per heavy atom. The fourth-order valence-corrected chi connectivity index (χ4v) is 6.14. The van der Waals surface area contributed by atoms with Gasteiger partial charge in [-0.3, -0.25) is 9.59 Å². The molecule has 0 aliphatic rings. The van der Waals surface area contributed by atoms with Crippen LogP contribution in [0, 0.1) is 5.92 Å². The standard InChI is InChI=1S/C25H29Cl2N3O3S2/c1-16(2)13-20(29-25(32)22-14-17-7-4-5-8-21(17)34-22)24(31)28-11-6-12-30(3)35(33)23-10-9-18(26)15-19(23)27/h4-5,7-10,14-16,20H,6,11-13H2,1-3H3,(H,28,31)(H,29,32)/t20-,35?/m0/s1. The van der Waals surface area contributed by atoms with Crippen molar-refractivity contribution in [3.8, 4) is 0 Å². The number of hydrogen-bond acceptors (Lipinski definition) is 4. The zero-order valence-corrected chi connectivity index (χ0v) is 23.0. The highest BCUT2D eigenvalue weighted by molar-refractivity contribution is 7.82. The Kier molecular flexibility index (Phi) is 10.1. The van der Waals surface area contributed by atoms with Crippen molar-refractivity contribution >= 4 is 67.4 Å². The van der Waals surface area contributed by atoms with E-state index in [1.165, 1.54) is 11.3 Å². The Balaban J connectivity index is 1.52. The highest BCUT2D eigenvalue weighted by Gasteiger charge is 2.23. The van der Waals surface area contributed by atoms with Gasteiger partial charge in [0.2, 0.25) is 5.91 Å². The molecule has 6 nitrogen and oxygen atoms in total. The number of hydrogen-bond donors (Lipinski definition) is 2. The molecule has 1 heterocycles. The van der Waals surface area contributed by atoms with E-state index in [0.717, 1.165) is 10.1 Å². The summed E-state index contributed by atoms with van der Waals surface area (Å²) in [6, 6.07) is 13.9. The number of halogens is 2. The van der Waals surface area contributed by atoms with Crippen molar-refractivity contribution in [2.75, 3.05) is 20.1 Å². The van der Waals surface area contributed by atoms with Gasteiger partial charge >= 0.3 is 0 Å². The van der Waals surface area contributed by atoms with E-state index < -0.39 is 17.0 Å². The largest absolute Gasteiger partial charge is 0.354 e. The van der Waals surface area contributed by atoms with Gasteiger partial charge in [-0.15, -0.1) is 11.3 Å². The van der Waals surface area contributed by atoms with Crippen LogP contribution in [0.3, 0.4) is 0 Å². The first-order chi connectivity index (χ1) is 16.7. The highest BCUT2D eigenvalue weighted by Crippen LogP contribution is 2.26. The summed E-state index contributed by atoms with van der Waals surface area (Å²) in [5, 5.41) is 7.65. The molecule has 3 rings (SSSR count). The molecule has 188 valence electrons. The molecular formula is C25H29Cl2N3O3S2. The van der Waals surface area contributed by atoms with Crippen molar-refractivity contribution in [1.29, 1.82) is 0 Å². The predicted octanol–water partition coefficient (Wildman–Crippen LogP) is 5.51. The van der Waals surface area contributed by atoms with Gasteiger partial charge in [0.05, 0.1) is 14.8 Å². The summed E-state index contributed by atoms with van der Waals surface area (Å²) in [5.74, 6) is -0.245. The summed E-state index contributed by atoms with van der Waals surface area (Å²) in [5.41, 5.74) is 0. The summed E-state index contributed by atoms with van der Waals surface area (Å²) in [7, 11) is 0.291. The van der Waals surface area contributed by atoms with E-state index in [9.17, 15) is 13.8 Å². The third-order valence-electron chi connectivity index (χ3n) is 5.29. The molecule has 3 aromatic rings. The average molecular weight is 555 g/mol. The number of thiophene rings is 1. The van der Waals surface area contributed by atoms with Crippen molar-refractivity contribution in [2.24, 2.45) is 5.92 Å². The zero-order valence-electron chi connectivity index (χ0n) is 19.8. The normalized spacial score (nSPS) is 13.2. The van der Waals surface area contributed by atoms with Crippen molar-refractivity contribution in [3.05, 3.63) is 63.5 Å². The van der Waals surface area contributed by atoms with Crippen LogP contribution in [-0.2, 0) is 15.8 Å². The molecule has 0 spiro atoms. The van der Waals surface area contributed by atoms with Crippen molar-refractivity contribution in [2.45, 2.75) is 37.6 Å². The first kappa shape index (κ1) is 27.6. The van der Waals surface area contributed by atoms with E-state index in [2.05, 4.69) is 10.6 Å². The second-order valence-electron chi connectivity index (χ2n) is 8.62. The van der Waals surface area contributed by atoms with E-state index in [-0.39, 0.29) is 17.7 Å².